The molecule has 0 amide bonds. The van der Waals surface area contributed by atoms with Crippen LogP contribution in [0.3, 0.4) is 0 Å². The van der Waals surface area contributed by atoms with Crippen molar-refractivity contribution in [1.82, 2.24) is 4.98 Å². The summed E-state index contributed by atoms with van der Waals surface area (Å²) in [6.07, 6.45) is 2.80. The highest BCUT2D eigenvalue weighted by molar-refractivity contribution is 7.20. The number of ketones is 1. The number of rotatable bonds is 4. The Morgan fingerprint density at radius 2 is 2.29 bits per heavy atom. The quantitative estimate of drug-likeness (QED) is 0.799. The molecular weight excluding hydrogens is 252 g/mol. The molecule has 0 bridgehead atoms. The summed E-state index contributed by atoms with van der Waals surface area (Å²) in [6.45, 7) is 5.89. The molecule has 2 aromatic heterocycles. The highest BCUT2D eigenvalue weighted by Crippen LogP contribution is 2.29. The van der Waals surface area contributed by atoms with Gasteiger partial charge in [-0.2, -0.15) is 4.98 Å². The molecule has 90 valence electrons. The van der Waals surface area contributed by atoms with Gasteiger partial charge in [0.25, 0.3) is 5.01 Å². The molecule has 3 nitrogen and oxygen atoms in total. The van der Waals surface area contributed by atoms with Gasteiger partial charge in [-0.05, 0) is 12.3 Å². The predicted molar refractivity (Wildman–Crippen MR) is 70.5 cm³/mol. The van der Waals surface area contributed by atoms with Crippen molar-refractivity contribution in [1.29, 1.82) is 0 Å². The minimum atomic E-state index is 0.0553. The van der Waals surface area contributed by atoms with Gasteiger partial charge in [-0.1, -0.05) is 25.2 Å². The van der Waals surface area contributed by atoms with Crippen molar-refractivity contribution < 1.29 is 9.78 Å². The molecule has 2 heterocycles. The number of aromatic amines is 1. The molecule has 0 radical (unpaired) electrons. The number of hydrogen-bond acceptors (Lipinski definition) is 4. The van der Waals surface area contributed by atoms with E-state index in [1.807, 2.05) is 11.6 Å². The van der Waals surface area contributed by atoms with Crippen LogP contribution < -0.4 is 4.98 Å². The fourth-order valence-electron chi connectivity index (χ4n) is 1.59. The van der Waals surface area contributed by atoms with Crippen LogP contribution in [0.25, 0.3) is 10.0 Å². The molecule has 0 unspecified atom stereocenters. The zero-order chi connectivity index (χ0) is 12.4. The molecule has 17 heavy (non-hydrogen) atoms. The smallest absolute Gasteiger partial charge is 0.293 e. The van der Waals surface area contributed by atoms with E-state index in [-0.39, 0.29) is 5.78 Å². The number of Topliss-reactive ketones (excluding diaryl/α,β-unsaturated/α-hetero) is 1. The lowest BCUT2D eigenvalue weighted by Crippen LogP contribution is -2.01. The average Bonchev–Trinajstić information content (AvgIpc) is 2.82. The van der Waals surface area contributed by atoms with Gasteiger partial charge in [0.15, 0.2) is 12.0 Å². The second-order valence-corrected chi connectivity index (χ2v) is 6.34. The van der Waals surface area contributed by atoms with Gasteiger partial charge in [0, 0.05) is 11.8 Å². The molecule has 0 aliphatic carbocycles. The SMILES string of the molecule is CC(=O)c1nc(-c2[nH+]ccs2)sc1CC(C)C. The maximum atomic E-state index is 11.6. The fourth-order valence-corrected chi connectivity index (χ4v) is 3.64. The van der Waals surface area contributed by atoms with Crippen LogP contribution in [0.1, 0.15) is 36.1 Å². The summed E-state index contributed by atoms with van der Waals surface area (Å²) in [5, 5.41) is 3.92. The van der Waals surface area contributed by atoms with Crippen LogP contribution >= 0.6 is 22.7 Å². The van der Waals surface area contributed by atoms with Gasteiger partial charge in [0.1, 0.15) is 5.69 Å². The van der Waals surface area contributed by atoms with Crippen LogP contribution in [-0.2, 0) is 6.42 Å². The van der Waals surface area contributed by atoms with Crippen molar-refractivity contribution in [3.05, 3.63) is 22.1 Å². The van der Waals surface area contributed by atoms with E-state index >= 15 is 0 Å². The lowest BCUT2D eigenvalue weighted by atomic mass is 10.1. The average molecular weight is 267 g/mol. The number of nitrogens with zero attached hydrogens (tertiary/aromatic N) is 1. The Morgan fingerprint density at radius 3 is 2.82 bits per heavy atom. The van der Waals surface area contributed by atoms with E-state index in [2.05, 4.69) is 23.8 Å². The Hall–Kier alpha value is -1.07. The minimum absolute atomic E-state index is 0.0553. The van der Waals surface area contributed by atoms with Crippen molar-refractivity contribution in [2.24, 2.45) is 5.92 Å². The van der Waals surface area contributed by atoms with Gasteiger partial charge in [0.05, 0.1) is 5.38 Å². The van der Waals surface area contributed by atoms with Crippen LogP contribution in [0.4, 0.5) is 0 Å². The van der Waals surface area contributed by atoms with Gasteiger partial charge in [0.2, 0.25) is 5.01 Å². The molecular formula is C12H15N2OS2+. The van der Waals surface area contributed by atoms with Crippen LogP contribution in [0.5, 0.6) is 0 Å². The number of carbonyl (C=O) groups is 1. The van der Waals surface area contributed by atoms with Gasteiger partial charge in [-0.15, -0.1) is 11.3 Å². The minimum Gasteiger partial charge on any atom is -0.293 e. The highest BCUT2D eigenvalue weighted by Gasteiger charge is 2.20. The third kappa shape index (κ3) is 2.79. The summed E-state index contributed by atoms with van der Waals surface area (Å²) in [5.41, 5.74) is 0.639. The molecule has 0 aromatic carbocycles. The Labute approximate surface area is 109 Å². The summed E-state index contributed by atoms with van der Waals surface area (Å²) in [6, 6.07) is 0. The summed E-state index contributed by atoms with van der Waals surface area (Å²) >= 11 is 3.23. The monoisotopic (exact) mass is 267 g/mol. The van der Waals surface area contributed by atoms with Crippen molar-refractivity contribution in [3.8, 4) is 10.0 Å². The van der Waals surface area contributed by atoms with E-state index in [1.165, 1.54) is 0 Å². The molecule has 0 saturated carbocycles. The first kappa shape index (κ1) is 12.4. The van der Waals surface area contributed by atoms with E-state index in [9.17, 15) is 4.79 Å². The highest BCUT2D eigenvalue weighted by atomic mass is 32.1. The molecule has 1 N–H and O–H groups in total. The van der Waals surface area contributed by atoms with Crippen molar-refractivity contribution in [3.63, 3.8) is 0 Å². The van der Waals surface area contributed by atoms with E-state index in [1.54, 1.807) is 29.6 Å². The van der Waals surface area contributed by atoms with Crippen molar-refractivity contribution in [2.45, 2.75) is 27.2 Å². The second kappa shape index (κ2) is 5.06. The van der Waals surface area contributed by atoms with Gasteiger partial charge < -0.3 is 0 Å². The summed E-state index contributed by atoms with van der Waals surface area (Å²) in [4.78, 5) is 20.3. The molecule has 2 aromatic rings. The first-order valence-corrected chi connectivity index (χ1v) is 7.23. The number of nitrogens with one attached hydrogen (secondary N) is 1. The van der Waals surface area contributed by atoms with Gasteiger partial charge in [-0.25, -0.2) is 4.98 Å². The zero-order valence-electron chi connectivity index (χ0n) is 10.1. The molecule has 0 aliphatic rings. The standard InChI is InChI=1S/C12H14N2OS2/c1-7(2)6-9-10(8(3)15)14-12(17-9)11-13-4-5-16-11/h4-5,7H,6H2,1-3H3/p+1. The van der Waals surface area contributed by atoms with Gasteiger partial charge >= 0.3 is 0 Å². The van der Waals surface area contributed by atoms with Crippen LogP contribution in [0.15, 0.2) is 11.6 Å². The van der Waals surface area contributed by atoms with E-state index in [0.29, 0.717) is 11.6 Å². The number of aromatic nitrogens is 2. The number of H-pyrrole nitrogens is 1. The van der Waals surface area contributed by atoms with Crippen molar-refractivity contribution in [2.75, 3.05) is 0 Å². The lowest BCUT2D eigenvalue weighted by Gasteiger charge is -2.01. The number of carbonyl (C=O) groups excluding carboxylic acids is 1. The first-order chi connectivity index (χ1) is 8.08. The topological polar surface area (TPSA) is 44.1 Å². The second-order valence-electron chi connectivity index (χ2n) is 4.34. The van der Waals surface area contributed by atoms with E-state index in [0.717, 1.165) is 21.3 Å². The zero-order valence-corrected chi connectivity index (χ0v) is 11.7. The number of hydrogen-bond donors (Lipinski definition) is 0. The largest absolute Gasteiger partial charge is 0.296 e. The summed E-state index contributed by atoms with van der Waals surface area (Å²) < 4.78 is 0. The van der Waals surface area contributed by atoms with Gasteiger partial charge in [-0.3, -0.25) is 4.79 Å². The molecule has 2 rings (SSSR count). The Bertz CT molecular complexity index is 515. The third-order valence-electron chi connectivity index (χ3n) is 2.29. The summed E-state index contributed by atoms with van der Waals surface area (Å²) in [5.74, 6) is 0.591. The molecule has 5 heteroatoms. The van der Waals surface area contributed by atoms with Crippen molar-refractivity contribution >= 4 is 28.5 Å². The van der Waals surface area contributed by atoms with Crippen LogP contribution in [-0.4, -0.2) is 10.8 Å². The maximum absolute atomic E-state index is 11.6. The molecule has 0 atom stereocenters. The Balaban J connectivity index is 2.41. The normalized spacial score (nSPS) is 11.1. The first-order valence-electron chi connectivity index (χ1n) is 5.54. The third-order valence-corrected chi connectivity index (χ3v) is 4.33. The summed E-state index contributed by atoms with van der Waals surface area (Å²) in [7, 11) is 0. The maximum Gasteiger partial charge on any atom is 0.296 e. The fraction of sp³-hybridized carbons (Fsp3) is 0.417. The Kier molecular flexibility index (Phi) is 3.69. The molecule has 0 spiro atoms. The molecule has 0 aliphatic heterocycles. The lowest BCUT2D eigenvalue weighted by molar-refractivity contribution is -0.358. The van der Waals surface area contributed by atoms with E-state index in [4.69, 9.17) is 0 Å². The molecule has 0 saturated heterocycles. The molecule has 0 fully saturated rings. The predicted octanol–water partition coefficient (Wildman–Crippen LogP) is 3.09. The Morgan fingerprint density at radius 1 is 1.53 bits per heavy atom. The van der Waals surface area contributed by atoms with Crippen LogP contribution in [0, 0.1) is 5.92 Å². The van der Waals surface area contributed by atoms with E-state index < -0.39 is 0 Å². The van der Waals surface area contributed by atoms with Crippen LogP contribution in [0.2, 0.25) is 0 Å². The number of thiazole rings is 2.